The molecule has 1 aliphatic heterocycles. The molecule has 21 heavy (non-hydrogen) atoms. The number of benzene rings is 1. The number of carbonyl (C=O) groups is 1. The van der Waals surface area contributed by atoms with Crippen LogP contribution in [0.5, 0.6) is 0 Å². The SMILES string of the molecule is NS(=O)(=O)c1cc(F)c(Cl)c(C(=O)NCC2CCCO2)c1. The van der Waals surface area contributed by atoms with Crippen molar-refractivity contribution in [1.82, 2.24) is 5.32 Å². The van der Waals surface area contributed by atoms with E-state index in [1.54, 1.807) is 0 Å². The van der Waals surface area contributed by atoms with E-state index in [0.717, 1.165) is 18.9 Å². The first-order chi connectivity index (χ1) is 9.79. The van der Waals surface area contributed by atoms with Gasteiger partial charge < -0.3 is 10.1 Å². The lowest BCUT2D eigenvalue weighted by atomic mass is 10.2. The second-order valence-electron chi connectivity index (χ2n) is 4.66. The smallest absolute Gasteiger partial charge is 0.253 e. The van der Waals surface area contributed by atoms with E-state index >= 15 is 0 Å². The summed E-state index contributed by atoms with van der Waals surface area (Å²) in [6.07, 6.45) is 1.63. The van der Waals surface area contributed by atoms with Gasteiger partial charge in [-0.1, -0.05) is 11.6 Å². The summed E-state index contributed by atoms with van der Waals surface area (Å²) in [5, 5.41) is 7.01. The number of hydrogen-bond donors (Lipinski definition) is 2. The number of rotatable bonds is 4. The number of ether oxygens (including phenoxy) is 1. The van der Waals surface area contributed by atoms with E-state index in [1.165, 1.54) is 0 Å². The van der Waals surface area contributed by atoms with Crippen molar-refractivity contribution >= 4 is 27.5 Å². The number of primary sulfonamides is 1. The lowest BCUT2D eigenvalue weighted by Crippen LogP contribution is -2.32. The lowest BCUT2D eigenvalue weighted by Gasteiger charge is -2.12. The minimum atomic E-state index is -4.13. The topological polar surface area (TPSA) is 98.5 Å². The largest absolute Gasteiger partial charge is 0.376 e. The average molecular weight is 337 g/mol. The van der Waals surface area contributed by atoms with Gasteiger partial charge in [-0.3, -0.25) is 4.79 Å². The molecule has 1 aliphatic rings. The van der Waals surface area contributed by atoms with Gasteiger partial charge >= 0.3 is 0 Å². The van der Waals surface area contributed by atoms with Crippen LogP contribution in [0.4, 0.5) is 4.39 Å². The second kappa shape index (κ2) is 6.27. The minimum Gasteiger partial charge on any atom is -0.376 e. The van der Waals surface area contributed by atoms with Gasteiger partial charge in [0.25, 0.3) is 5.91 Å². The van der Waals surface area contributed by atoms with E-state index in [1.807, 2.05) is 0 Å². The zero-order valence-electron chi connectivity index (χ0n) is 10.9. The highest BCUT2D eigenvalue weighted by Gasteiger charge is 2.21. The summed E-state index contributed by atoms with van der Waals surface area (Å²) in [5.74, 6) is -1.70. The Morgan fingerprint density at radius 3 is 2.81 bits per heavy atom. The van der Waals surface area contributed by atoms with Crippen molar-refractivity contribution in [2.24, 2.45) is 5.14 Å². The van der Waals surface area contributed by atoms with Crippen LogP contribution in [0.3, 0.4) is 0 Å². The van der Waals surface area contributed by atoms with Crippen molar-refractivity contribution in [1.29, 1.82) is 0 Å². The highest BCUT2D eigenvalue weighted by Crippen LogP contribution is 2.24. The molecule has 6 nitrogen and oxygen atoms in total. The molecule has 0 radical (unpaired) electrons. The normalized spacial score (nSPS) is 18.7. The molecule has 1 saturated heterocycles. The number of nitrogens with two attached hydrogens (primary N) is 1. The first-order valence-electron chi connectivity index (χ1n) is 6.20. The van der Waals surface area contributed by atoms with Crippen molar-refractivity contribution in [3.8, 4) is 0 Å². The molecular formula is C12H14ClFN2O4S. The Balaban J connectivity index is 2.21. The van der Waals surface area contributed by atoms with Crippen LogP contribution in [0.25, 0.3) is 0 Å². The molecule has 116 valence electrons. The van der Waals surface area contributed by atoms with Crippen molar-refractivity contribution < 1.29 is 22.3 Å². The third-order valence-electron chi connectivity index (χ3n) is 3.09. The number of halogens is 2. The van der Waals surface area contributed by atoms with E-state index in [0.29, 0.717) is 12.7 Å². The molecule has 9 heteroatoms. The van der Waals surface area contributed by atoms with E-state index < -0.39 is 31.7 Å². The van der Waals surface area contributed by atoms with E-state index in [9.17, 15) is 17.6 Å². The predicted octanol–water partition coefficient (Wildman–Crippen LogP) is 1.04. The van der Waals surface area contributed by atoms with Crippen LogP contribution in [0.1, 0.15) is 23.2 Å². The van der Waals surface area contributed by atoms with Gasteiger partial charge in [0.2, 0.25) is 10.0 Å². The van der Waals surface area contributed by atoms with Crippen LogP contribution in [0, 0.1) is 5.82 Å². The molecule has 1 heterocycles. The Hall–Kier alpha value is -1.22. The number of nitrogens with one attached hydrogen (secondary N) is 1. The molecule has 0 aliphatic carbocycles. The Labute approximate surface area is 126 Å². The highest BCUT2D eigenvalue weighted by molar-refractivity contribution is 7.89. The Kier molecular flexibility index (Phi) is 4.82. The molecular weight excluding hydrogens is 323 g/mol. The van der Waals surface area contributed by atoms with Crippen molar-refractivity contribution in [3.63, 3.8) is 0 Å². The fourth-order valence-electron chi connectivity index (χ4n) is 2.00. The molecule has 0 saturated carbocycles. The molecule has 1 aromatic rings. The number of carbonyl (C=O) groups excluding carboxylic acids is 1. The second-order valence-corrected chi connectivity index (χ2v) is 6.60. The predicted molar refractivity (Wildman–Crippen MR) is 74.1 cm³/mol. The maximum absolute atomic E-state index is 13.6. The minimum absolute atomic E-state index is 0.0982. The van der Waals surface area contributed by atoms with Crippen molar-refractivity contribution in [3.05, 3.63) is 28.5 Å². The molecule has 1 unspecified atom stereocenters. The summed E-state index contributed by atoms with van der Waals surface area (Å²) < 4.78 is 41.5. The van der Waals surface area contributed by atoms with Crippen molar-refractivity contribution in [2.75, 3.05) is 13.2 Å². The summed E-state index contributed by atoms with van der Waals surface area (Å²) in [6, 6.07) is 1.63. The van der Waals surface area contributed by atoms with Crippen LogP contribution in [-0.2, 0) is 14.8 Å². The van der Waals surface area contributed by atoms with Crippen LogP contribution >= 0.6 is 11.6 Å². The van der Waals surface area contributed by atoms with Gasteiger partial charge in [0.15, 0.2) is 0 Å². The maximum Gasteiger partial charge on any atom is 0.253 e. The third-order valence-corrected chi connectivity index (χ3v) is 4.37. The van der Waals surface area contributed by atoms with Crippen molar-refractivity contribution in [2.45, 2.75) is 23.8 Å². The van der Waals surface area contributed by atoms with Gasteiger partial charge in [-0.2, -0.15) is 0 Å². The quantitative estimate of drug-likeness (QED) is 0.858. The Bertz CT molecular complexity index is 659. The van der Waals surface area contributed by atoms with E-state index in [2.05, 4.69) is 5.32 Å². The lowest BCUT2D eigenvalue weighted by molar-refractivity contribution is 0.0857. The first kappa shape index (κ1) is 16.2. The standard InChI is InChI=1S/C12H14ClFN2O4S/c13-11-9(4-8(5-10(11)14)21(15,18)19)12(17)16-6-7-2-1-3-20-7/h4-5,7H,1-3,6H2,(H,16,17)(H2,15,18,19). The molecule has 0 bridgehead atoms. The van der Waals surface area contributed by atoms with Gasteiger partial charge in [0.05, 0.1) is 21.6 Å². The number of hydrogen-bond acceptors (Lipinski definition) is 4. The molecule has 1 aromatic carbocycles. The third kappa shape index (κ3) is 3.91. The highest BCUT2D eigenvalue weighted by atomic mass is 35.5. The maximum atomic E-state index is 13.6. The fraction of sp³-hybridized carbons (Fsp3) is 0.417. The molecule has 1 atom stereocenters. The zero-order valence-corrected chi connectivity index (χ0v) is 12.5. The monoisotopic (exact) mass is 336 g/mol. The zero-order chi connectivity index (χ0) is 15.6. The fourth-order valence-corrected chi connectivity index (χ4v) is 2.75. The van der Waals surface area contributed by atoms with Crippen LogP contribution in [0.2, 0.25) is 5.02 Å². The van der Waals surface area contributed by atoms with Gasteiger partial charge in [-0.05, 0) is 25.0 Å². The van der Waals surface area contributed by atoms with Crippen LogP contribution < -0.4 is 10.5 Å². The number of sulfonamides is 1. The molecule has 1 amide bonds. The van der Waals surface area contributed by atoms with Gasteiger partial charge in [0, 0.05) is 13.2 Å². The van der Waals surface area contributed by atoms with Crippen LogP contribution in [-0.4, -0.2) is 33.6 Å². The van der Waals surface area contributed by atoms with E-state index in [4.69, 9.17) is 21.5 Å². The molecule has 2 rings (SSSR count). The van der Waals surface area contributed by atoms with Gasteiger partial charge in [0.1, 0.15) is 5.82 Å². The van der Waals surface area contributed by atoms with Gasteiger partial charge in [-0.25, -0.2) is 17.9 Å². The Morgan fingerprint density at radius 1 is 1.52 bits per heavy atom. The summed E-state index contributed by atoms with van der Waals surface area (Å²) in [6.45, 7) is 0.882. The summed E-state index contributed by atoms with van der Waals surface area (Å²) in [5.41, 5.74) is -0.279. The summed E-state index contributed by atoms with van der Waals surface area (Å²) in [4.78, 5) is 11.5. The molecule has 0 spiro atoms. The average Bonchev–Trinajstić information content (AvgIpc) is 2.91. The van der Waals surface area contributed by atoms with Gasteiger partial charge in [-0.15, -0.1) is 0 Å². The van der Waals surface area contributed by atoms with Crippen LogP contribution in [0.15, 0.2) is 17.0 Å². The first-order valence-corrected chi connectivity index (χ1v) is 8.13. The summed E-state index contributed by atoms with van der Waals surface area (Å²) in [7, 11) is -4.13. The summed E-state index contributed by atoms with van der Waals surface area (Å²) >= 11 is 5.70. The Morgan fingerprint density at radius 2 is 2.24 bits per heavy atom. The molecule has 1 fully saturated rings. The molecule has 3 N–H and O–H groups in total. The molecule has 0 aromatic heterocycles. The van der Waals surface area contributed by atoms with E-state index in [-0.39, 0.29) is 18.2 Å². The number of amides is 1.